The zero-order valence-electron chi connectivity index (χ0n) is 11.0. The predicted octanol–water partition coefficient (Wildman–Crippen LogP) is 3.34. The smallest absolute Gasteiger partial charge is 0.0709 e. The van der Waals surface area contributed by atoms with Gasteiger partial charge in [-0.15, -0.1) is 6.58 Å². The van der Waals surface area contributed by atoms with Gasteiger partial charge in [-0.25, -0.2) is 4.52 Å². The van der Waals surface area contributed by atoms with Crippen LogP contribution in [0.1, 0.15) is 37.8 Å². The molecule has 0 spiro atoms. The molecule has 1 N–H and O–H groups in total. The first-order valence-electron chi connectivity index (χ1n) is 6.63. The molecule has 3 heteroatoms. The van der Waals surface area contributed by atoms with Gasteiger partial charge in [0.1, 0.15) is 0 Å². The molecule has 96 valence electrons. The molecular weight excluding hydrogens is 222 g/mol. The molecule has 2 heterocycles. The third-order valence-electron chi connectivity index (χ3n) is 3.13. The molecule has 0 bridgehead atoms. The second-order valence-corrected chi connectivity index (χ2v) is 4.50. The monoisotopic (exact) mass is 243 g/mol. The van der Waals surface area contributed by atoms with Gasteiger partial charge < -0.3 is 5.32 Å². The highest BCUT2D eigenvalue weighted by Gasteiger charge is 2.14. The van der Waals surface area contributed by atoms with Crippen molar-refractivity contribution in [3.05, 3.63) is 48.8 Å². The lowest BCUT2D eigenvalue weighted by Gasteiger charge is -2.16. The van der Waals surface area contributed by atoms with Gasteiger partial charge in [-0.05, 0) is 37.9 Å². The normalized spacial score (nSPS) is 12.7. The van der Waals surface area contributed by atoms with Crippen LogP contribution < -0.4 is 5.32 Å². The molecule has 3 nitrogen and oxygen atoms in total. The van der Waals surface area contributed by atoms with Crippen molar-refractivity contribution in [3.63, 3.8) is 0 Å². The fourth-order valence-corrected chi connectivity index (χ4v) is 2.19. The molecule has 2 aromatic heterocycles. The van der Waals surface area contributed by atoms with Crippen LogP contribution in [0.4, 0.5) is 0 Å². The van der Waals surface area contributed by atoms with Crippen molar-refractivity contribution >= 4 is 5.52 Å². The van der Waals surface area contributed by atoms with Crippen LogP contribution in [0.15, 0.2) is 43.2 Å². The van der Waals surface area contributed by atoms with Crippen LogP contribution in [0.3, 0.4) is 0 Å². The average Bonchev–Trinajstić information content (AvgIpc) is 2.83. The number of aromatic nitrogens is 2. The van der Waals surface area contributed by atoms with Crippen molar-refractivity contribution < 1.29 is 0 Å². The van der Waals surface area contributed by atoms with Crippen LogP contribution in [0.2, 0.25) is 0 Å². The molecule has 0 saturated carbocycles. The number of allylic oxidation sites excluding steroid dienone is 1. The minimum Gasteiger partial charge on any atom is -0.310 e. The third-order valence-corrected chi connectivity index (χ3v) is 3.13. The van der Waals surface area contributed by atoms with Gasteiger partial charge >= 0.3 is 0 Å². The quantitative estimate of drug-likeness (QED) is 0.756. The number of fused-ring (bicyclic) bond motifs is 1. The molecule has 1 atom stereocenters. The SMILES string of the molecule is C=CCCC(NCCC)c1cnn2ccccc12. The summed E-state index contributed by atoms with van der Waals surface area (Å²) in [7, 11) is 0. The molecule has 0 aliphatic rings. The van der Waals surface area contributed by atoms with Gasteiger partial charge in [-0.3, -0.25) is 0 Å². The molecule has 1 unspecified atom stereocenters. The van der Waals surface area contributed by atoms with Gasteiger partial charge in [0.2, 0.25) is 0 Å². The zero-order valence-corrected chi connectivity index (χ0v) is 11.0. The van der Waals surface area contributed by atoms with Crippen LogP contribution in [-0.4, -0.2) is 16.2 Å². The van der Waals surface area contributed by atoms with E-state index >= 15 is 0 Å². The minimum absolute atomic E-state index is 0.364. The second-order valence-electron chi connectivity index (χ2n) is 4.50. The fraction of sp³-hybridized carbons (Fsp3) is 0.400. The maximum absolute atomic E-state index is 4.41. The molecule has 0 radical (unpaired) electrons. The first-order valence-corrected chi connectivity index (χ1v) is 6.63. The van der Waals surface area contributed by atoms with Crippen LogP contribution in [0.25, 0.3) is 5.52 Å². The summed E-state index contributed by atoms with van der Waals surface area (Å²) in [6, 6.07) is 6.55. The maximum atomic E-state index is 4.41. The van der Waals surface area contributed by atoms with Gasteiger partial charge in [0.15, 0.2) is 0 Å². The number of hydrogen-bond donors (Lipinski definition) is 1. The third kappa shape index (κ3) is 2.79. The minimum atomic E-state index is 0.364. The van der Waals surface area contributed by atoms with Crippen LogP contribution in [0.5, 0.6) is 0 Å². The Bertz CT molecular complexity index is 501. The van der Waals surface area contributed by atoms with E-state index in [1.807, 2.05) is 29.1 Å². The largest absolute Gasteiger partial charge is 0.310 e. The van der Waals surface area contributed by atoms with Gasteiger partial charge in [-0.2, -0.15) is 5.10 Å². The highest BCUT2D eigenvalue weighted by atomic mass is 15.2. The van der Waals surface area contributed by atoms with E-state index in [9.17, 15) is 0 Å². The maximum Gasteiger partial charge on any atom is 0.0709 e. The van der Waals surface area contributed by atoms with Crippen molar-refractivity contribution in [1.82, 2.24) is 14.9 Å². The van der Waals surface area contributed by atoms with E-state index in [2.05, 4.69) is 36.1 Å². The Kier molecular flexibility index (Phi) is 4.53. The second kappa shape index (κ2) is 6.36. The summed E-state index contributed by atoms with van der Waals surface area (Å²) in [6.07, 6.45) is 9.18. The molecular formula is C15H21N3. The van der Waals surface area contributed by atoms with E-state index in [1.165, 1.54) is 11.1 Å². The van der Waals surface area contributed by atoms with Gasteiger partial charge in [0.25, 0.3) is 0 Å². The van der Waals surface area contributed by atoms with Crippen molar-refractivity contribution in [2.75, 3.05) is 6.54 Å². The number of nitrogens with one attached hydrogen (secondary N) is 1. The summed E-state index contributed by atoms with van der Waals surface area (Å²) < 4.78 is 1.93. The average molecular weight is 243 g/mol. The predicted molar refractivity (Wildman–Crippen MR) is 75.7 cm³/mol. The molecule has 2 aromatic rings. The number of rotatable bonds is 7. The summed E-state index contributed by atoms with van der Waals surface area (Å²) >= 11 is 0. The molecule has 0 aromatic carbocycles. The standard InChI is InChI=1S/C15H21N3/c1-3-5-8-14(16-10-4-2)13-12-17-18-11-7-6-9-15(13)18/h3,6-7,9,11-12,14,16H,1,4-5,8,10H2,2H3. The molecule has 0 aliphatic heterocycles. The highest BCUT2D eigenvalue weighted by molar-refractivity contribution is 5.54. The van der Waals surface area contributed by atoms with E-state index in [4.69, 9.17) is 0 Å². The van der Waals surface area contributed by atoms with Crippen molar-refractivity contribution in [2.24, 2.45) is 0 Å². The Morgan fingerprint density at radius 2 is 2.39 bits per heavy atom. The number of nitrogens with zero attached hydrogens (tertiary/aromatic N) is 2. The molecule has 0 aliphatic carbocycles. The molecule has 2 rings (SSSR count). The fourth-order valence-electron chi connectivity index (χ4n) is 2.19. The summed E-state index contributed by atoms with van der Waals surface area (Å²) in [5.41, 5.74) is 2.47. The summed E-state index contributed by atoms with van der Waals surface area (Å²) in [5, 5.41) is 8.00. The lowest BCUT2D eigenvalue weighted by Crippen LogP contribution is -2.21. The number of pyridine rings is 1. The Morgan fingerprint density at radius 3 is 3.17 bits per heavy atom. The highest BCUT2D eigenvalue weighted by Crippen LogP contribution is 2.23. The van der Waals surface area contributed by atoms with E-state index < -0.39 is 0 Å². The first kappa shape index (κ1) is 12.8. The summed E-state index contributed by atoms with van der Waals surface area (Å²) in [4.78, 5) is 0. The molecule has 0 saturated heterocycles. The van der Waals surface area contributed by atoms with E-state index in [0.29, 0.717) is 6.04 Å². The Balaban J connectivity index is 2.25. The topological polar surface area (TPSA) is 29.3 Å². The van der Waals surface area contributed by atoms with Crippen molar-refractivity contribution in [3.8, 4) is 0 Å². The van der Waals surface area contributed by atoms with E-state index in [1.54, 1.807) is 0 Å². The van der Waals surface area contributed by atoms with Crippen LogP contribution >= 0.6 is 0 Å². The Hall–Kier alpha value is -1.61. The van der Waals surface area contributed by atoms with Gasteiger partial charge in [0.05, 0.1) is 11.7 Å². The molecule has 0 amide bonds. The first-order chi connectivity index (χ1) is 8.86. The zero-order chi connectivity index (χ0) is 12.8. The summed E-state index contributed by atoms with van der Waals surface area (Å²) in [5.74, 6) is 0. The van der Waals surface area contributed by atoms with E-state index in [0.717, 1.165) is 25.8 Å². The van der Waals surface area contributed by atoms with Crippen LogP contribution in [-0.2, 0) is 0 Å². The molecule has 0 fully saturated rings. The lowest BCUT2D eigenvalue weighted by atomic mass is 10.0. The Morgan fingerprint density at radius 1 is 1.50 bits per heavy atom. The van der Waals surface area contributed by atoms with Gasteiger partial charge in [-0.1, -0.05) is 19.1 Å². The molecule has 18 heavy (non-hydrogen) atoms. The lowest BCUT2D eigenvalue weighted by molar-refractivity contribution is 0.506. The van der Waals surface area contributed by atoms with Gasteiger partial charge in [0, 0.05) is 17.8 Å². The van der Waals surface area contributed by atoms with Crippen molar-refractivity contribution in [1.29, 1.82) is 0 Å². The van der Waals surface area contributed by atoms with Crippen LogP contribution in [0, 0.1) is 0 Å². The summed E-state index contributed by atoms with van der Waals surface area (Å²) in [6.45, 7) is 7.03. The number of hydrogen-bond acceptors (Lipinski definition) is 2. The van der Waals surface area contributed by atoms with E-state index in [-0.39, 0.29) is 0 Å². The van der Waals surface area contributed by atoms with Crippen molar-refractivity contribution in [2.45, 2.75) is 32.2 Å². The Labute approximate surface area is 109 Å².